The van der Waals surface area contributed by atoms with Crippen LogP contribution < -0.4 is 4.31 Å². The van der Waals surface area contributed by atoms with E-state index in [0.29, 0.717) is 6.04 Å². The molecule has 5 rings (SSSR count). The zero-order valence-corrected chi connectivity index (χ0v) is 18.7. The molecule has 6 nitrogen and oxygen atoms in total. The molecule has 2 saturated heterocycles. The Kier molecular flexibility index (Phi) is 5.49. The minimum absolute atomic E-state index is 0.0305. The molecule has 2 aromatic rings. The number of benzene rings is 1. The maximum Gasteiger partial charge on any atom is 0.141 e. The van der Waals surface area contributed by atoms with Crippen LogP contribution in [0.25, 0.3) is 0 Å². The normalized spacial score (nSPS) is 28.4. The van der Waals surface area contributed by atoms with E-state index < -0.39 is 0 Å². The van der Waals surface area contributed by atoms with Gasteiger partial charge in [0.2, 0.25) is 0 Å². The second kappa shape index (κ2) is 8.13. The van der Waals surface area contributed by atoms with E-state index in [0.717, 1.165) is 56.5 Å². The molecule has 0 bridgehead atoms. The zero-order chi connectivity index (χ0) is 20.7. The van der Waals surface area contributed by atoms with Gasteiger partial charge in [0.25, 0.3) is 0 Å². The molecular formula is C22H31FN6S. The average Bonchev–Trinajstić information content (AvgIpc) is 3.24. The van der Waals surface area contributed by atoms with Crippen LogP contribution in [0.1, 0.15) is 44.9 Å². The van der Waals surface area contributed by atoms with E-state index in [1.807, 2.05) is 12.1 Å². The molecule has 0 amide bonds. The fourth-order valence-electron chi connectivity index (χ4n) is 5.24. The molecule has 8 heteroatoms. The number of nitrogens with zero attached hydrogens (tertiary/aromatic N) is 6. The average molecular weight is 431 g/mol. The summed E-state index contributed by atoms with van der Waals surface area (Å²) in [5.74, 6) is 1.69. The van der Waals surface area contributed by atoms with Crippen LogP contribution in [0.5, 0.6) is 0 Å². The smallest absolute Gasteiger partial charge is 0.141 e. The fourth-order valence-corrected chi connectivity index (χ4v) is 6.42. The molecule has 1 saturated carbocycles. The number of halogens is 1. The molecule has 1 aliphatic carbocycles. The lowest BCUT2D eigenvalue weighted by Gasteiger charge is -2.47. The SMILES string of the molecule is C[C@H]1C[C@]2(CCN1Cc1ncnn1CC1CCC1)CN(C)SN2c1cccc(F)c1. The Balaban J connectivity index is 1.29. The largest absolute Gasteiger partial charge is 0.296 e. The van der Waals surface area contributed by atoms with E-state index in [2.05, 4.69) is 42.2 Å². The Morgan fingerprint density at radius 1 is 1.30 bits per heavy atom. The molecule has 0 radical (unpaired) electrons. The van der Waals surface area contributed by atoms with Crippen molar-refractivity contribution in [3.05, 3.63) is 42.2 Å². The second-order valence-corrected chi connectivity index (χ2v) is 10.4. The Morgan fingerprint density at radius 3 is 2.90 bits per heavy atom. The first-order valence-corrected chi connectivity index (χ1v) is 11.8. The summed E-state index contributed by atoms with van der Waals surface area (Å²) in [5.41, 5.74) is 0.994. The summed E-state index contributed by atoms with van der Waals surface area (Å²) in [7, 11) is 2.13. The molecule has 2 aliphatic heterocycles. The van der Waals surface area contributed by atoms with E-state index in [-0.39, 0.29) is 11.4 Å². The van der Waals surface area contributed by atoms with Crippen molar-refractivity contribution < 1.29 is 4.39 Å². The Morgan fingerprint density at radius 2 is 2.17 bits per heavy atom. The van der Waals surface area contributed by atoms with Gasteiger partial charge in [0.05, 0.1) is 17.8 Å². The molecule has 1 aromatic heterocycles. The molecular weight excluding hydrogens is 399 g/mol. The monoisotopic (exact) mass is 430 g/mol. The third-order valence-corrected chi connectivity index (χ3v) is 8.24. The first-order valence-electron chi connectivity index (χ1n) is 11.1. The van der Waals surface area contributed by atoms with Crippen LogP contribution in [-0.4, -0.2) is 55.7 Å². The fraction of sp³-hybridized carbons (Fsp3) is 0.636. The number of likely N-dealkylation sites (N-methyl/N-ethyl adjacent to an activating group) is 1. The highest BCUT2D eigenvalue weighted by molar-refractivity contribution is 7.98. The van der Waals surface area contributed by atoms with Gasteiger partial charge in [-0.15, -0.1) is 0 Å². The number of anilines is 1. The van der Waals surface area contributed by atoms with E-state index in [4.69, 9.17) is 0 Å². The maximum atomic E-state index is 13.9. The van der Waals surface area contributed by atoms with Crippen molar-refractivity contribution in [1.82, 2.24) is 24.0 Å². The Bertz CT molecular complexity index is 886. The van der Waals surface area contributed by atoms with Crippen LogP contribution in [0.4, 0.5) is 10.1 Å². The lowest BCUT2D eigenvalue weighted by Crippen LogP contribution is -2.56. The van der Waals surface area contributed by atoms with Gasteiger partial charge in [-0.3, -0.25) is 9.21 Å². The predicted octanol–water partition coefficient (Wildman–Crippen LogP) is 3.96. The van der Waals surface area contributed by atoms with E-state index in [9.17, 15) is 4.39 Å². The van der Waals surface area contributed by atoms with Crippen LogP contribution in [0, 0.1) is 11.7 Å². The number of likely N-dealkylation sites (tertiary alicyclic amines) is 1. The van der Waals surface area contributed by atoms with Crippen molar-refractivity contribution in [2.45, 2.75) is 63.7 Å². The second-order valence-electron chi connectivity index (χ2n) is 9.30. The number of hydrogen-bond donors (Lipinski definition) is 0. The minimum atomic E-state index is -0.172. The number of piperidine rings is 1. The van der Waals surface area contributed by atoms with Gasteiger partial charge in [0.1, 0.15) is 18.0 Å². The van der Waals surface area contributed by atoms with Gasteiger partial charge < -0.3 is 0 Å². The summed E-state index contributed by atoms with van der Waals surface area (Å²) in [5, 5.41) is 4.49. The maximum absolute atomic E-state index is 13.9. The van der Waals surface area contributed by atoms with Gasteiger partial charge in [0, 0.05) is 37.8 Å². The van der Waals surface area contributed by atoms with Crippen molar-refractivity contribution in [2.24, 2.45) is 5.92 Å². The van der Waals surface area contributed by atoms with Crippen molar-refractivity contribution in [2.75, 3.05) is 24.4 Å². The predicted molar refractivity (Wildman–Crippen MR) is 118 cm³/mol. The highest BCUT2D eigenvalue weighted by Gasteiger charge is 2.49. The zero-order valence-electron chi connectivity index (χ0n) is 17.9. The van der Waals surface area contributed by atoms with Crippen LogP contribution in [0.3, 0.4) is 0 Å². The van der Waals surface area contributed by atoms with Gasteiger partial charge >= 0.3 is 0 Å². The van der Waals surface area contributed by atoms with Crippen LogP contribution >= 0.6 is 12.1 Å². The molecule has 3 heterocycles. The first-order chi connectivity index (χ1) is 14.5. The quantitative estimate of drug-likeness (QED) is 0.669. The number of rotatable bonds is 5. The van der Waals surface area contributed by atoms with Crippen molar-refractivity contribution >= 4 is 17.8 Å². The molecule has 1 aromatic carbocycles. The Labute approximate surface area is 182 Å². The molecule has 1 spiro atoms. The highest BCUT2D eigenvalue weighted by Crippen LogP contribution is 2.46. The number of hydrogen-bond acceptors (Lipinski definition) is 6. The molecule has 3 aliphatic rings. The van der Waals surface area contributed by atoms with Gasteiger partial charge in [0.15, 0.2) is 0 Å². The molecule has 162 valence electrons. The topological polar surface area (TPSA) is 40.4 Å². The summed E-state index contributed by atoms with van der Waals surface area (Å²) in [6.07, 6.45) is 7.82. The van der Waals surface area contributed by atoms with Crippen molar-refractivity contribution in [1.29, 1.82) is 0 Å². The number of aromatic nitrogens is 3. The highest BCUT2D eigenvalue weighted by atomic mass is 32.2. The standard InChI is InChI=1S/C22H31FN6S/c1-17-12-22(15-26(2)30-29(22)20-8-4-7-19(23)11-20)9-10-27(17)14-21-24-16-25-28(21)13-18-5-3-6-18/h4,7-8,11,16-18H,3,5-6,9-10,12-15H2,1-2H3/t17-,22+/m0/s1. The van der Waals surface area contributed by atoms with Crippen LogP contribution in [-0.2, 0) is 13.1 Å². The lowest BCUT2D eigenvalue weighted by molar-refractivity contribution is 0.0955. The van der Waals surface area contributed by atoms with E-state index in [1.165, 1.54) is 25.3 Å². The third kappa shape index (κ3) is 3.85. The van der Waals surface area contributed by atoms with E-state index >= 15 is 0 Å². The minimum Gasteiger partial charge on any atom is -0.296 e. The summed E-state index contributed by atoms with van der Waals surface area (Å²) >= 11 is 1.71. The van der Waals surface area contributed by atoms with Crippen LogP contribution in [0.15, 0.2) is 30.6 Å². The molecule has 0 unspecified atom stereocenters. The first kappa shape index (κ1) is 20.3. The van der Waals surface area contributed by atoms with E-state index in [1.54, 1.807) is 24.5 Å². The summed E-state index contributed by atoms with van der Waals surface area (Å²) in [6, 6.07) is 7.44. The van der Waals surface area contributed by atoms with Gasteiger partial charge in [-0.2, -0.15) is 5.10 Å². The summed E-state index contributed by atoms with van der Waals surface area (Å²) in [4.78, 5) is 7.12. The third-order valence-electron chi connectivity index (χ3n) is 7.07. The summed E-state index contributed by atoms with van der Waals surface area (Å²) < 4.78 is 20.7. The molecule has 3 fully saturated rings. The summed E-state index contributed by atoms with van der Waals surface area (Å²) in [6.45, 7) is 6.19. The van der Waals surface area contributed by atoms with Crippen molar-refractivity contribution in [3.8, 4) is 0 Å². The lowest BCUT2D eigenvalue weighted by atomic mass is 9.83. The van der Waals surface area contributed by atoms with Crippen LogP contribution in [0.2, 0.25) is 0 Å². The Hall–Kier alpha value is -1.64. The molecule has 2 atom stereocenters. The van der Waals surface area contributed by atoms with Gasteiger partial charge in [-0.05, 0) is 63.8 Å². The van der Waals surface area contributed by atoms with Gasteiger partial charge in [-0.25, -0.2) is 18.4 Å². The molecule has 0 N–H and O–H groups in total. The molecule has 30 heavy (non-hydrogen) atoms. The van der Waals surface area contributed by atoms with Gasteiger partial charge in [-0.1, -0.05) is 12.5 Å². The van der Waals surface area contributed by atoms with Crippen molar-refractivity contribution in [3.63, 3.8) is 0 Å².